The Morgan fingerprint density at radius 1 is 1.11 bits per heavy atom. The normalized spacial score (nSPS) is 22.4. The Bertz CT molecular complexity index is 1350. The van der Waals surface area contributed by atoms with Crippen molar-refractivity contribution in [3.8, 4) is 5.75 Å². The van der Waals surface area contributed by atoms with Crippen molar-refractivity contribution in [2.24, 2.45) is 11.8 Å². The number of nitrogens with zero attached hydrogens (tertiary/aromatic N) is 4. The number of rotatable bonds is 6. The van der Waals surface area contributed by atoms with Crippen molar-refractivity contribution < 1.29 is 19.1 Å². The summed E-state index contributed by atoms with van der Waals surface area (Å²) in [6.07, 6.45) is 3.93. The fourth-order valence-electron chi connectivity index (χ4n) is 5.34. The van der Waals surface area contributed by atoms with Gasteiger partial charge in [-0.15, -0.1) is 0 Å². The number of hydrogen-bond acceptors (Lipinski definition) is 7. The van der Waals surface area contributed by atoms with E-state index in [2.05, 4.69) is 30.9 Å². The fourth-order valence-corrected chi connectivity index (χ4v) is 5.34. The number of amides is 3. The van der Waals surface area contributed by atoms with Crippen molar-refractivity contribution in [1.29, 1.82) is 0 Å². The zero-order valence-corrected chi connectivity index (χ0v) is 19.7. The van der Waals surface area contributed by atoms with Crippen molar-refractivity contribution >= 4 is 29.1 Å². The Morgan fingerprint density at radius 3 is 2.78 bits per heavy atom. The number of aromatic nitrogens is 3. The number of ether oxygens (including phenoxy) is 1. The van der Waals surface area contributed by atoms with Gasteiger partial charge in [-0.25, -0.2) is 9.50 Å². The minimum atomic E-state index is -0.414. The summed E-state index contributed by atoms with van der Waals surface area (Å²) in [5, 5.41) is 12.9. The van der Waals surface area contributed by atoms with Crippen molar-refractivity contribution in [1.82, 2.24) is 30.1 Å². The quantitative estimate of drug-likeness (QED) is 0.472. The summed E-state index contributed by atoms with van der Waals surface area (Å²) in [4.78, 5) is 44.5. The molecular formula is C25H27N7O4. The van der Waals surface area contributed by atoms with Gasteiger partial charge in [-0.05, 0) is 55.5 Å². The van der Waals surface area contributed by atoms with Crippen molar-refractivity contribution in [2.45, 2.75) is 19.4 Å². The van der Waals surface area contributed by atoms with E-state index in [0.29, 0.717) is 35.5 Å². The van der Waals surface area contributed by atoms with Gasteiger partial charge in [0.25, 0.3) is 17.7 Å². The topological polar surface area (TPSA) is 130 Å². The SMILES string of the molecule is O=C1COc2ccc(CNC(=O)c3cc(C(=O)NC[C@H]4CN5CCC4CC5)n4nccc4n3)cc2N1. The van der Waals surface area contributed by atoms with Crippen LogP contribution in [0.15, 0.2) is 36.5 Å². The van der Waals surface area contributed by atoms with E-state index in [1.54, 1.807) is 24.4 Å². The van der Waals surface area contributed by atoms with Gasteiger partial charge in [0.05, 0.1) is 11.9 Å². The summed E-state index contributed by atoms with van der Waals surface area (Å²) in [5.74, 6) is 0.779. The van der Waals surface area contributed by atoms with E-state index in [4.69, 9.17) is 4.74 Å². The summed E-state index contributed by atoms with van der Waals surface area (Å²) in [6, 6.07) is 8.46. The number of benzene rings is 1. The number of carbonyl (C=O) groups is 3. The molecule has 0 spiro atoms. The van der Waals surface area contributed by atoms with Crippen molar-refractivity contribution in [3.05, 3.63) is 53.5 Å². The van der Waals surface area contributed by atoms with Crippen LogP contribution >= 0.6 is 0 Å². The summed E-state index contributed by atoms with van der Waals surface area (Å²) >= 11 is 0. The molecule has 1 atom stereocenters. The van der Waals surface area contributed by atoms with E-state index in [-0.39, 0.29) is 36.4 Å². The molecule has 3 saturated heterocycles. The zero-order chi connectivity index (χ0) is 24.6. The molecule has 11 heteroatoms. The minimum Gasteiger partial charge on any atom is -0.482 e. The van der Waals surface area contributed by atoms with Crippen LogP contribution in [-0.4, -0.2) is 70.0 Å². The molecule has 36 heavy (non-hydrogen) atoms. The molecule has 186 valence electrons. The molecule has 3 aromatic rings. The molecule has 0 saturated carbocycles. The van der Waals surface area contributed by atoms with E-state index in [9.17, 15) is 14.4 Å². The van der Waals surface area contributed by atoms with Gasteiger partial charge in [-0.2, -0.15) is 5.10 Å². The van der Waals surface area contributed by atoms with Crippen LogP contribution in [-0.2, 0) is 11.3 Å². The van der Waals surface area contributed by atoms with E-state index >= 15 is 0 Å². The molecule has 4 aliphatic heterocycles. The molecule has 3 amide bonds. The molecule has 7 rings (SSSR count). The van der Waals surface area contributed by atoms with E-state index in [1.165, 1.54) is 23.4 Å². The van der Waals surface area contributed by atoms with E-state index < -0.39 is 5.91 Å². The molecular weight excluding hydrogens is 462 g/mol. The molecule has 1 aromatic carbocycles. The molecule has 3 fully saturated rings. The number of hydrogen-bond donors (Lipinski definition) is 3. The molecule has 2 aromatic heterocycles. The lowest BCUT2D eigenvalue weighted by molar-refractivity contribution is -0.118. The van der Waals surface area contributed by atoms with E-state index in [0.717, 1.165) is 25.2 Å². The predicted molar refractivity (Wildman–Crippen MR) is 130 cm³/mol. The number of nitrogens with one attached hydrogen (secondary N) is 3. The highest BCUT2D eigenvalue weighted by Crippen LogP contribution is 2.32. The third kappa shape index (κ3) is 4.37. The van der Waals surface area contributed by atoms with Crippen LogP contribution in [0.4, 0.5) is 5.69 Å². The summed E-state index contributed by atoms with van der Waals surface area (Å²) in [5.41, 5.74) is 2.17. The smallest absolute Gasteiger partial charge is 0.270 e. The molecule has 4 aliphatic rings. The minimum absolute atomic E-state index is 0.0125. The third-order valence-electron chi connectivity index (χ3n) is 7.27. The zero-order valence-electron chi connectivity index (χ0n) is 19.7. The van der Waals surface area contributed by atoms with Gasteiger partial charge in [0.2, 0.25) is 0 Å². The van der Waals surface area contributed by atoms with Gasteiger partial charge in [-0.3, -0.25) is 14.4 Å². The summed E-state index contributed by atoms with van der Waals surface area (Å²) in [7, 11) is 0. The van der Waals surface area contributed by atoms with Crippen LogP contribution in [0.25, 0.3) is 5.65 Å². The monoisotopic (exact) mass is 489 g/mol. The molecule has 0 aliphatic carbocycles. The second-order valence-electron chi connectivity index (χ2n) is 9.59. The average molecular weight is 490 g/mol. The highest BCUT2D eigenvalue weighted by atomic mass is 16.5. The first kappa shape index (κ1) is 22.5. The maximum atomic E-state index is 13.1. The van der Waals surface area contributed by atoms with Gasteiger partial charge in [0.1, 0.15) is 17.1 Å². The highest BCUT2D eigenvalue weighted by Gasteiger charge is 2.34. The lowest BCUT2D eigenvalue weighted by atomic mass is 9.79. The van der Waals surface area contributed by atoms with Gasteiger partial charge in [0.15, 0.2) is 12.3 Å². The van der Waals surface area contributed by atoms with Crippen LogP contribution in [0.1, 0.15) is 39.4 Å². The lowest BCUT2D eigenvalue weighted by Crippen LogP contribution is -2.50. The maximum absolute atomic E-state index is 13.1. The first-order chi connectivity index (χ1) is 17.5. The fraction of sp³-hybridized carbons (Fsp3) is 0.400. The Kier molecular flexibility index (Phi) is 5.76. The number of carbonyl (C=O) groups excluding carboxylic acids is 3. The molecule has 2 bridgehead atoms. The molecule has 0 radical (unpaired) electrons. The number of fused-ring (bicyclic) bond motifs is 5. The third-order valence-corrected chi connectivity index (χ3v) is 7.27. The molecule has 0 unspecified atom stereocenters. The Balaban J connectivity index is 1.15. The molecule has 6 heterocycles. The number of piperidine rings is 3. The lowest BCUT2D eigenvalue weighted by Gasteiger charge is -2.44. The van der Waals surface area contributed by atoms with Crippen LogP contribution in [0.3, 0.4) is 0 Å². The predicted octanol–water partition coefficient (Wildman–Crippen LogP) is 1.06. The molecule has 3 N–H and O–H groups in total. The Morgan fingerprint density at radius 2 is 1.97 bits per heavy atom. The van der Waals surface area contributed by atoms with Gasteiger partial charge in [0, 0.05) is 31.8 Å². The van der Waals surface area contributed by atoms with Gasteiger partial charge < -0.3 is 25.6 Å². The number of anilines is 1. The summed E-state index contributed by atoms with van der Waals surface area (Å²) < 4.78 is 6.82. The summed E-state index contributed by atoms with van der Waals surface area (Å²) in [6.45, 7) is 4.13. The molecule has 11 nitrogen and oxygen atoms in total. The Hall–Kier alpha value is -3.99. The van der Waals surface area contributed by atoms with Crippen LogP contribution in [0.5, 0.6) is 5.75 Å². The van der Waals surface area contributed by atoms with Crippen LogP contribution in [0, 0.1) is 11.8 Å². The van der Waals surface area contributed by atoms with E-state index in [1.807, 2.05) is 6.07 Å². The van der Waals surface area contributed by atoms with Crippen molar-refractivity contribution in [3.63, 3.8) is 0 Å². The largest absolute Gasteiger partial charge is 0.482 e. The highest BCUT2D eigenvalue weighted by molar-refractivity contribution is 5.98. The first-order valence-electron chi connectivity index (χ1n) is 12.2. The standard InChI is InChI=1S/C25H27N7O4/c33-23-14-36-21-2-1-15(9-18(21)30-23)11-26-24(34)19-10-20(32-22(29-19)3-6-28-32)25(35)27-12-17-13-31-7-4-16(17)5-8-31/h1-3,6,9-10,16-17H,4-5,7-8,11-14H2,(H,26,34)(H,27,35)(H,30,33)/t17-/m0/s1. The second-order valence-corrected chi connectivity index (χ2v) is 9.59. The van der Waals surface area contributed by atoms with Gasteiger partial charge >= 0.3 is 0 Å². The van der Waals surface area contributed by atoms with Crippen LogP contribution in [0.2, 0.25) is 0 Å². The average Bonchev–Trinajstić information content (AvgIpc) is 3.39. The first-order valence-corrected chi connectivity index (χ1v) is 12.2. The second kappa shape index (κ2) is 9.23. The van der Waals surface area contributed by atoms with Gasteiger partial charge in [-0.1, -0.05) is 6.07 Å². The van der Waals surface area contributed by atoms with Crippen LogP contribution < -0.4 is 20.7 Å². The van der Waals surface area contributed by atoms with Crippen molar-refractivity contribution in [2.75, 3.05) is 38.1 Å². The maximum Gasteiger partial charge on any atom is 0.270 e. The Labute approximate surface area is 207 Å².